The predicted molar refractivity (Wildman–Crippen MR) is 57.5 cm³/mol. The molecule has 1 rings (SSSR count). The average Bonchev–Trinajstić information content (AvgIpc) is 2.42. The minimum Gasteiger partial charge on any atom is -0.493 e. The molecule has 0 aliphatic heterocycles. The van der Waals surface area contributed by atoms with Gasteiger partial charge in [0, 0.05) is 12.1 Å². The van der Waals surface area contributed by atoms with E-state index in [1.807, 2.05) is 0 Å². The van der Waals surface area contributed by atoms with Gasteiger partial charge in [-0.2, -0.15) is 5.10 Å². The Kier molecular flexibility index (Phi) is 3.55. The van der Waals surface area contributed by atoms with Crippen molar-refractivity contribution in [3.8, 4) is 5.88 Å². The van der Waals surface area contributed by atoms with E-state index >= 15 is 0 Å². The highest BCUT2D eigenvalue weighted by Crippen LogP contribution is 2.23. The molecule has 0 aliphatic carbocycles. The lowest BCUT2D eigenvalue weighted by molar-refractivity contribution is 0.368. The molecular weight excluding hydrogens is 176 g/mol. The summed E-state index contributed by atoms with van der Waals surface area (Å²) in [6.45, 7) is 9.16. The maximum Gasteiger partial charge on any atom is 0.212 e. The zero-order chi connectivity index (χ0) is 10.7. The van der Waals surface area contributed by atoms with Crippen molar-refractivity contribution in [1.29, 1.82) is 0 Å². The van der Waals surface area contributed by atoms with Crippen LogP contribution in [-0.2, 0) is 19.4 Å². The van der Waals surface area contributed by atoms with E-state index in [-0.39, 0.29) is 0 Å². The zero-order valence-corrected chi connectivity index (χ0v) is 9.54. The SMILES string of the molecule is CCc1nn(CC(C)C)c(O)c1CC. The maximum atomic E-state index is 9.89. The summed E-state index contributed by atoms with van der Waals surface area (Å²) in [7, 11) is 0. The van der Waals surface area contributed by atoms with Crippen molar-refractivity contribution in [2.75, 3.05) is 0 Å². The van der Waals surface area contributed by atoms with E-state index in [0.717, 1.165) is 30.6 Å². The quantitative estimate of drug-likeness (QED) is 0.802. The van der Waals surface area contributed by atoms with Crippen LogP contribution in [0.2, 0.25) is 0 Å². The van der Waals surface area contributed by atoms with E-state index < -0.39 is 0 Å². The third-order valence-electron chi connectivity index (χ3n) is 2.33. The van der Waals surface area contributed by atoms with Crippen LogP contribution in [0.3, 0.4) is 0 Å². The van der Waals surface area contributed by atoms with Crippen LogP contribution in [0.4, 0.5) is 0 Å². The summed E-state index contributed by atoms with van der Waals surface area (Å²) >= 11 is 0. The molecule has 80 valence electrons. The summed E-state index contributed by atoms with van der Waals surface area (Å²) < 4.78 is 1.72. The van der Waals surface area contributed by atoms with Gasteiger partial charge in [0.15, 0.2) is 0 Å². The Morgan fingerprint density at radius 1 is 1.29 bits per heavy atom. The van der Waals surface area contributed by atoms with Crippen LogP contribution in [0, 0.1) is 5.92 Å². The molecule has 3 nitrogen and oxygen atoms in total. The Morgan fingerprint density at radius 3 is 2.29 bits per heavy atom. The Bertz CT molecular complexity index is 302. The van der Waals surface area contributed by atoms with Crippen molar-refractivity contribution >= 4 is 0 Å². The smallest absolute Gasteiger partial charge is 0.212 e. The van der Waals surface area contributed by atoms with Crippen molar-refractivity contribution in [2.45, 2.75) is 47.1 Å². The van der Waals surface area contributed by atoms with Crippen LogP contribution in [0.1, 0.15) is 39.0 Å². The largest absolute Gasteiger partial charge is 0.493 e. The van der Waals surface area contributed by atoms with E-state index in [4.69, 9.17) is 0 Å². The topological polar surface area (TPSA) is 38.0 Å². The lowest BCUT2D eigenvalue weighted by Crippen LogP contribution is -2.05. The molecule has 0 radical (unpaired) electrons. The molecule has 0 bridgehead atoms. The van der Waals surface area contributed by atoms with Gasteiger partial charge in [-0.3, -0.25) is 0 Å². The first-order valence-corrected chi connectivity index (χ1v) is 5.37. The number of hydrogen-bond donors (Lipinski definition) is 1. The Hall–Kier alpha value is -0.990. The Morgan fingerprint density at radius 2 is 1.93 bits per heavy atom. The van der Waals surface area contributed by atoms with Crippen molar-refractivity contribution in [3.05, 3.63) is 11.3 Å². The number of aromatic nitrogens is 2. The summed E-state index contributed by atoms with van der Waals surface area (Å²) in [6.07, 6.45) is 1.74. The van der Waals surface area contributed by atoms with E-state index in [9.17, 15) is 5.11 Å². The lowest BCUT2D eigenvalue weighted by Gasteiger charge is -2.05. The number of nitrogens with zero attached hydrogens (tertiary/aromatic N) is 2. The highest BCUT2D eigenvalue weighted by molar-refractivity contribution is 5.30. The maximum absolute atomic E-state index is 9.89. The van der Waals surface area contributed by atoms with Gasteiger partial charge in [-0.05, 0) is 18.8 Å². The molecule has 0 atom stereocenters. The van der Waals surface area contributed by atoms with Gasteiger partial charge in [-0.1, -0.05) is 27.7 Å². The first-order valence-electron chi connectivity index (χ1n) is 5.37. The molecule has 1 heterocycles. The van der Waals surface area contributed by atoms with Crippen molar-refractivity contribution in [2.24, 2.45) is 5.92 Å². The molecule has 1 aromatic rings. The zero-order valence-electron chi connectivity index (χ0n) is 9.54. The third kappa shape index (κ3) is 2.08. The van der Waals surface area contributed by atoms with Crippen LogP contribution in [-0.4, -0.2) is 14.9 Å². The van der Waals surface area contributed by atoms with Crippen molar-refractivity contribution in [3.63, 3.8) is 0 Å². The molecule has 3 heteroatoms. The molecule has 0 aromatic carbocycles. The lowest BCUT2D eigenvalue weighted by atomic mass is 10.1. The highest BCUT2D eigenvalue weighted by atomic mass is 16.3. The number of rotatable bonds is 4. The second-order valence-corrected chi connectivity index (χ2v) is 4.03. The van der Waals surface area contributed by atoms with E-state index in [2.05, 4.69) is 32.8 Å². The second kappa shape index (κ2) is 4.49. The van der Waals surface area contributed by atoms with Gasteiger partial charge in [0.05, 0.1) is 5.69 Å². The predicted octanol–water partition coefficient (Wildman–Crippen LogP) is 2.37. The van der Waals surface area contributed by atoms with Gasteiger partial charge >= 0.3 is 0 Å². The normalized spacial score (nSPS) is 11.2. The molecule has 1 aromatic heterocycles. The van der Waals surface area contributed by atoms with Gasteiger partial charge in [0.25, 0.3) is 0 Å². The molecule has 0 aliphatic rings. The van der Waals surface area contributed by atoms with Crippen LogP contribution in [0.25, 0.3) is 0 Å². The molecule has 0 saturated heterocycles. The molecular formula is C11H20N2O. The van der Waals surface area contributed by atoms with Crippen LogP contribution in [0.5, 0.6) is 5.88 Å². The molecule has 0 amide bonds. The van der Waals surface area contributed by atoms with Crippen LogP contribution < -0.4 is 0 Å². The molecule has 0 saturated carbocycles. The molecule has 0 unspecified atom stereocenters. The monoisotopic (exact) mass is 196 g/mol. The minimum atomic E-state index is 0.359. The fourth-order valence-electron chi connectivity index (χ4n) is 1.66. The second-order valence-electron chi connectivity index (χ2n) is 4.03. The summed E-state index contributed by atoms with van der Waals surface area (Å²) in [5.41, 5.74) is 2.04. The van der Waals surface area contributed by atoms with Gasteiger partial charge in [0.1, 0.15) is 0 Å². The fraction of sp³-hybridized carbons (Fsp3) is 0.727. The molecule has 0 spiro atoms. The standard InChI is InChI=1S/C11H20N2O/c1-5-9-10(6-2)12-13(11(9)14)7-8(3)4/h8,14H,5-7H2,1-4H3. The third-order valence-corrected chi connectivity index (χ3v) is 2.33. The van der Waals surface area contributed by atoms with Crippen molar-refractivity contribution in [1.82, 2.24) is 9.78 Å². The first-order chi connectivity index (χ1) is 6.60. The summed E-state index contributed by atoms with van der Waals surface area (Å²) in [5.74, 6) is 0.869. The summed E-state index contributed by atoms with van der Waals surface area (Å²) in [4.78, 5) is 0. The van der Waals surface area contributed by atoms with E-state index in [0.29, 0.717) is 11.8 Å². The molecule has 1 N–H and O–H groups in total. The van der Waals surface area contributed by atoms with Gasteiger partial charge in [0.2, 0.25) is 5.88 Å². The Balaban J connectivity index is 3.01. The van der Waals surface area contributed by atoms with E-state index in [1.165, 1.54) is 0 Å². The average molecular weight is 196 g/mol. The number of aromatic hydroxyl groups is 1. The van der Waals surface area contributed by atoms with Gasteiger partial charge in [-0.25, -0.2) is 4.68 Å². The van der Waals surface area contributed by atoms with Crippen molar-refractivity contribution < 1.29 is 5.11 Å². The summed E-state index contributed by atoms with van der Waals surface area (Å²) in [5, 5.41) is 14.3. The fourth-order valence-corrected chi connectivity index (χ4v) is 1.66. The van der Waals surface area contributed by atoms with Gasteiger partial charge in [-0.15, -0.1) is 0 Å². The van der Waals surface area contributed by atoms with Crippen LogP contribution >= 0.6 is 0 Å². The Labute approximate surface area is 85.8 Å². The minimum absolute atomic E-state index is 0.359. The molecule has 0 fully saturated rings. The first kappa shape index (κ1) is 11.1. The summed E-state index contributed by atoms with van der Waals surface area (Å²) in [6, 6.07) is 0. The van der Waals surface area contributed by atoms with E-state index in [1.54, 1.807) is 4.68 Å². The van der Waals surface area contributed by atoms with Crippen LogP contribution in [0.15, 0.2) is 0 Å². The van der Waals surface area contributed by atoms with Gasteiger partial charge < -0.3 is 5.11 Å². The number of aryl methyl sites for hydroxylation is 1. The molecule has 14 heavy (non-hydrogen) atoms. The highest BCUT2D eigenvalue weighted by Gasteiger charge is 2.14. The number of hydrogen-bond acceptors (Lipinski definition) is 2.